The van der Waals surface area contributed by atoms with E-state index < -0.39 is 10.0 Å². The number of rotatable bonds is 3. The number of hydrogen-bond acceptors (Lipinski definition) is 3. The fraction of sp³-hybridized carbons (Fsp3) is 0.571. The van der Waals surface area contributed by atoms with Gasteiger partial charge in [-0.15, -0.1) is 11.6 Å². The molecule has 112 valence electrons. The van der Waals surface area contributed by atoms with Gasteiger partial charge in [0.05, 0.1) is 4.90 Å². The number of alkyl halides is 1. The molecule has 6 heteroatoms. The summed E-state index contributed by atoms with van der Waals surface area (Å²) in [6.45, 7) is 6.36. The average Bonchev–Trinajstić information content (AvgIpc) is 2.38. The molecule has 20 heavy (non-hydrogen) atoms. The van der Waals surface area contributed by atoms with Crippen LogP contribution in [0.4, 0.5) is 0 Å². The Morgan fingerprint density at radius 3 is 2.65 bits per heavy atom. The van der Waals surface area contributed by atoms with Crippen molar-refractivity contribution >= 4 is 33.4 Å². The molecule has 1 aliphatic rings. The molecule has 0 N–H and O–H groups in total. The number of thioether (sulfide) groups is 1. The van der Waals surface area contributed by atoms with Crippen molar-refractivity contribution in [1.82, 2.24) is 4.31 Å². The van der Waals surface area contributed by atoms with Crippen LogP contribution in [-0.4, -0.2) is 36.8 Å². The van der Waals surface area contributed by atoms with Crippen molar-refractivity contribution in [2.45, 2.75) is 37.6 Å². The Balaban J connectivity index is 2.48. The van der Waals surface area contributed by atoms with Crippen LogP contribution in [0.2, 0.25) is 0 Å². The van der Waals surface area contributed by atoms with Gasteiger partial charge in [0.1, 0.15) is 0 Å². The topological polar surface area (TPSA) is 37.4 Å². The zero-order chi connectivity index (χ0) is 14.9. The maximum Gasteiger partial charge on any atom is 0.243 e. The van der Waals surface area contributed by atoms with Crippen LogP contribution in [-0.2, 0) is 15.9 Å². The van der Waals surface area contributed by atoms with E-state index in [1.165, 1.54) is 0 Å². The molecule has 0 saturated carbocycles. The van der Waals surface area contributed by atoms with Crippen molar-refractivity contribution in [2.24, 2.45) is 0 Å². The number of benzene rings is 1. The van der Waals surface area contributed by atoms with E-state index in [9.17, 15) is 8.42 Å². The first-order chi connectivity index (χ1) is 9.37. The zero-order valence-electron chi connectivity index (χ0n) is 12.0. The second-order valence-electron chi connectivity index (χ2n) is 5.22. The molecule has 1 unspecified atom stereocenters. The maximum absolute atomic E-state index is 12.9. The van der Waals surface area contributed by atoms with Gasteiger partial charge in [-0.2, -0.15) is 16.1 Å². The van der Waals surface area contributed by atoms with Gasteiger partial charge in [-0.25, -0.2) is 8.42 Å². The molecule has 1 atom stereocenters. The van der Waals surface area contributed by atoms with Crippen molar-refractivity contribution < 1.29 is 8.42 Å². The number of nitrogens with zero attached hydrogens (tertiary/aromatic N) is 1. The predicted molar refractivity (Wildman–Crippen MR) is 86.2 cm³/mol. The van der Waals surface area contributed by atoms with Crippen LogP contribution in [0.25, 0.3) is 0 Å². The van der Waals surface area contributed by atoms with Crippen LogP contribution in [0.15, 0.2) is 17.0 Å². The molecule has 0 spiro atoms. The van der Waals surface area contributed by atoms with Crippen LogP contribution in [0.5, 0.6) is 0 Å². The van der Waals surface area contributed by atoms with Gasteiger partial charge in [0.25, 0.3) is 0 Å². The molecule has 1 fully saturated rings. The molecular formula is C14H20ClNO2S2. The van der Waals surface area contributed by atoms with Gasteiger partial charge in [0.15, 0.2) is 0 Å². The van der Waals surface area contributed by atoms with Crippen molar-refractivity contribution in [1.29, 1.82) is 0 Å². The summed E-state index contributed by atoms with van der Waals surface area (Å²) in [4.78, 5) is 0.400. The van der Waals surface area contributed by atoms with E-state index in [0.29, 0.717) is 17.3 Å². The molecule has 0 amide bonds. The lowest BCUT2D eigenvalue weighted by Gasteiger charge is -2.32. The van der Waals surface area contributed by atoms with Crippen LogP contribution in [0, 0.1) is 13.8 Å². The lowest BCUT2D eigenvalue weighted by atomic mass is 10.1. The molecule has 1 saturated heterocycles. The highest BCUT2D eigenvalue weighted by Crippen LogP contribution is 2.28. The number of aryl methyl sites for hydroxylation is 2. The Hall–Kier alpha value is -0.230. The van der Waals surface area contributed by atoms with E-state index in [0.717, 1.165) is 28.2 Å². The Morgan fingerprint density at radius 1 is 1.35 bits per heavy atom. The van der Waals surface area contributed by atoms with Crippen molar-refractivity contribution in [2.75, 3.05) is 18.1 Å². The lowest BCUT2D eigenvalue weighted by molar-refractivity contribution is 0.367. The predicted octanol–water partition coefficient (Wildman–Crippen LogP) is 3.17. The fourth-order valence-electron chi connectivity index (χ4n) is 2.49. The molecular weight excluding hydrogens is 314 g/mol. The Bertz CT molecular complexity index is 601. The standard InChI is InChI=1S/C14H20ClNO2S2/c1-10-6-11(2)14(7-13(10)8-15)20(17,18)16-4-5-19-9-12(16)3/h6-7,12H,4-5,8-9H2,1-3H3. The minimum absolute atomic E-state index is 0.0407. The van der Waals surface area contributed by atoms with Crippen LogP contribution >= 0.6 is 23.4 Å². The van der Waals surface area contributed by atoms with Gasteiger partial charge >= 0.3 is 0 Å². The summed E-state index contributed by atoms with van der Waals surface area (Å²) < 4.78 is 27.4. The molecule has 1 aliphatic heterocycles. The summed E-state index contributed by atoms with van der Waals surface area (Å²) in [5, 5.41) is 0. The molecule has 0 aromatic heterocycles. The van der Waals surface area contributed by atoms with Crippen LogP contribution < -0.4 is 0 Å². The largest absolute Gasteiger partial charge is 0.243 e. The summed E-state index contributed by atoms with van der Waals surface area (Å²) in [5.41, 5.74) is 2.72. The quantitative estimate of drug-likeness (QED) is 0.797. The normalized spacial score (nSPS) is 21.1. The summed E-state index contributed by atoms with van der Waals surface area (Å²) in [5.74, 6) is 2.05. The lowest BCUT2D eigenvalue weighted by Crippen LogP contribution is -2.44. The van der Waals surface area contributed by atoms with Crippen LogP contribution in [0.1, 0.15) is 23.6 Å². The molecule has 0 bridgehead atoms. The molecule has 0 aliphatic carbocycles. The van der Waals surface area contributed by atoms with Gasteiger partial charge < -0.3 is 0 Å². The average molecular weight is 334 g/mol. The van der Waals surface area contributed by atoms with Crippen LogP contribution in [0.3, 0.4) is 0 Å². The van der Waals surface area contributed by atoms with Gasteiger partial charge in [-0.1, -0.05) is 6.07 Å². The van der Waals surface area contributed by atoms with Gasteiger partial charge in [-0.05, 0) is 43.5 Å². The minimum Gasteiger partial charge on any atom is -0.207 e. The van der Waals surface area contributed by atoms with E-state index in [1.807, 2.05) is 26.8 Å². The molecule has 0 radical (unpaired) electrons. The van der Waals surface area contributed by atoms with E-state index in [2.05, 4.69) is 0 Å². The smallest absolute Gasteiger partial charge is 0.207 e. The second-order valence-corrected chi connectivity index (χ2v) is 8.49. The molecule has 1 aromatic rings. The Kier molecular flexibility index (Phi) is 5.05. The third kappa shape index (κ3) is 3.01. The SMILES string of the molecule is Cc1cc(C)c(S(=O)(=O)N2CCSCC2C)cc1CCl. The highest BCUT2D eigenvalue weighted by Gasteiger charge is 2.32. The molecule has 3 nitrogen and oxygen atoms in total. The van der Waals surface area contributed by atoms with Gasteiger partial charge in [0, 0.05) is 30.0 Å². The minimum atomic E-state index is -3.43. The highest BCUT2D eigenvalue weighted by atomic mass is 35.5. The van der Waals surface area contributed by atoms with E-state index >= 15 is 0 Å². The summed E-state index contributed by atoms with van der Waals surface area (Å²) in [6.07, 6.45) is 0. The first-order valence-corrected chi connectivity index (χ1v) is 9.76. The van der Waals surface area contributed by atoms with E-state index in [4.69, 9.17) is 11.6 Å². The summed E-state index contributed by atoms with van der Waals surface area (Å²) in [6, 6.07) is 3.69. The van der Waals surface area contributed by atoms with Gasteiger partial charge in [-0.3, -0.25) is 0 Å². The highest BCUT2D eigenvalue weighted by molar-refractivity contribution is 7.99. The Morgan fingerprint density at radius 2 is 2.05 bits per heavy atom. The monoisotopic (exact) mass is 333 g/mol. The Labute approximate surface area is 130 Å². The first-order valence-electron chi connectivity index (χ1n) is 6.63. The van der Waals surface area contributed by atoms with Gasteiger partial charge in [0.2, 0.25) is 10.0 Å². The number of halogens is 1. The first kappa shape index (κ1) is 16.1. The zero-order valence-corrected chi connectivity index (χ0v) is 14.4. The molecule has 2 rings (SSSR count). The third-order valence-corrected chi connectivity index (χ3v) is 7.30. The van der Waals surface area contributed by atoms with E-state index in [-0.39, 0.29) is 6.04 Å². The number of hydrogen-bond donors (Lipinski definition) is 0. The number of sulfonamides is 1. The third-order valence-electron chi connectivity index (χ3n) is 3.67. The van der Waals surface area contributed by atoms with Crippen molar-refractivity contribution in [3.8, 4) is 0 Å². The van der Waals surface area contributed by atoms with Crippen molar-refractivity contribution in [3.63, 3.8) is 0 Å². The van der Waals surface area contributed by atoms with E-state index in [1.54, 1.807) is 22.1 Å². The molecule has 1 aromatic carbocycles. The maximum atomic E-state index is 12.9. The summed E-state index contributed by atoms with van der Waals surface area (Å²) in [7, 11) is -3.43. The molecule has 1 heterocycles. The fourth-order valence-corrected chi connectivity index (χ4v) is 5.89. The summed E-state index contributed by atoms with van der Waals surface area (Å²) >= 11 is 7.71. The second kappa shape index (κ2) is 6.26. The van der Waals surface area contributed by atoms with Crippen molar-refractivity contribution in [3.05, 3.63) is 28.8 Å².